The van der Waals surface area contributed by atoms with E-state index in [1.165, 1.54) is 5.39 Å². The molecule has 0 aliphatic heterocycles. The minimum absolute atomic E-state index is 0.616. The smallest absolute Gasteiger partial charge is 0.164 e. The lowest BCUT2D eigenvalue weighted by Crippen LogP contribution is -2.00. The van der Waals surface area contributed by atoms with Gasteiger partial charge in [-0.15, -0.1) is 0 Å². The van der Waals surface area contributed by atoms with Crippen LogP contribution in [0.15, 0.2) is 120 Å². The quantitative estimate of drug-likeness (QED) is 0.275. The maximum Gasteiger partial charge on any atom is 0.164 e. The van der Waals surface area contributed by atoms with Gasteiger partial charge in [0.25, 0.3) is 0 Å². The zero-order valence-corrected chi connectivity index (χ0v) is 18.7. The van der Waals surface area contributed by atoms with Gasteiger partial charge in [-0.05, 0) is 35.0 Å². The van der Waals surface area contributed by atoms with E-state index in [9.17, 15) is 0 Å². The molecule has 0 radical (unpaired) electrons. The number of rotatable bonds is 3. The van der Waals surface area contributed by atoms with Gasteiger partial charge < -0.3 is 4.42 Å². The van der Waals surface area contributed by atoms with Crippen LogP contribution in [0, 0.1) is 0 Å². The minimum Gasteiger partial charge on any atom is -0.456 e. The van der Waals surface area contributed by atoms with Crippen LogP contribution in [0.3, 0.4) is 0 Å². The molecule has 0 N–H and O–H groups in total. The van der Waals surface area contributed by atoms with Crippen molar-refractivity contribution in [1.29, 1.82) is 0 Å². The Labute approximate surface area is 201 Å². The fraction of sp³-hybridized carbons (Fsp3) is 0. The first-order chi connectivity index (χ1) is 17.3. The average molecular weight is 450 g/mol. The van der Waals surface area contributed by atoms with Crippen LogP contribution in [0.4, 0.5) is 0 Å². The molecule has 0 fully saturated rings. The van der Waals surface area contributed by atoms with Crippen LogP contribution in [0.5, 0.6) is 0 Å². The maximum atomic E-state index is 6.28. The van der Waals surface area contributed by atoms with E-state index < -0.39 is 0 Å². The van der Waals surface area contributed by atoms with Gasteiger partial charge in [0, 0.05) is 27.5 Å². The molecule has 0 atom stereocenters. The summed E-state index contributed by atoms with van der Waals surface area (Å²) in [6.45, 7) is 0. The van der Waals surface area contributed by atoms with Crippen molar-refractivity contribution >= 4 is 32.7 Å². The number of hydrogen-bond acceptors (Lipinski definition) is 4. The highest BCUT2D eigenvalue weighted by atomic mass is 16.3. The van der Waals surface area contributed by atoms with Gasteiger partial charge in [-0.25, -0.2) is 15.0 Å². The molecule has 0 spiro atoms. The summed E-state index contributed by atoms with van der Waals surface area (Å²) in [7, 11) is 0. The Hall–Kier alpha value is -4.83. The summed E-state index contributed by atoms with van der Waals surface area (Å²) in [5, 5.41) is 4.55. The number of aromatic nitrogens is 3. The number of hydrogen-bond donors (Lipinski definition) is 0. The monoisotopic (exact) mass is 449 g/mol. The lowest BCUT2D eigenvalue weighted by atomic mass is 10.1. The summed E-state index contributed by atoms with van der Waals surface area (Å²) in [4.78, 5) is 14.5. The van der Waals surface area contributed by atoms with Crippen molar-refractivity contribution in [3.63, 3.8) is 0 Å². The van der Waals surface area contributed by atoms with Crippen molar-refractivity contribution in [3.05, 3.63) is 115 Å². The van der Waals surface area contributed by atoms with Gasteiger partial charge in [0.15, 0.2) is 17.5 Å². The first kappa shape index (κ1) is 19.6. The second kappa shape index (κ2) is 7.89. The number of furan rings is 1. The van der Waals surface area contributed by atoms with E-state index in [1.807, 2.05) is 72.8 Å². The van der Waals surface area contributed by atoms with Gasteiger partial charge in [-0.1, -0.05) is 91.0 Å². The van der Waals surface area contributed by atoms with Crippen molar-refractivity contribution in [2.24, 2.45) is 0 Å². The molecule has 2 heterocycles. The summed E-state index contributed by atoms with van der Waals surface area (Å²) in [6, 6.07) is 38.8. The Kier molecular flexibility index (Phi) is 4.42. The number of nitrogens with zero attached hydrogens (tertiary/aromatic N) is 3. The highest BCUT2D eigenvalue weighted by Crippen LogP contribution is 2.34. The molecule has 0 saturated heterocycles. The lowest BCUT2D eigenvalue weighted by Gasteiger charge is -2.08. The fourth-order valence-electron chi connectivity index (χ4n) is 4.54. The third-order valence-corrected chi connectivity index (χ3v) is 6.30. The Morgan fingerprint density at radius 1 is 0.400 bits per heavy atom. The number of fused-ring (bicyclic) bond motifs is 4. The lowest BCUT2D eigenvalue weighted by molar-refractivity contribution is 0.669. The molecule has 0 bridgehead atoms. The van der Waals surface area contributed by atoms with Gasteiger partial charge in [0.05, 0.1) is 0 Å². The van der Waals surface area contributed by atoms with Crippen molar-refractivity contribution in [3.8, 4) is 34.2 Å². The highest BCUT2D eigenvalue weighted by molar-refractivity contribution is 6.10. The van der Waals surface area contributed by atoms with Crippen LogP contribution < -0.4 is 0 Å². The molecule has 0 aliphatic carbocycles. The number of benzene rings is 5. The van der Waals surface area contributed by atoms with Crippen molar-refractivity contribution in [2.75, 3.05) is 0 Å². The molecule has 0 saturated carbocycles. The van der Waals surface area contributed by atoms with E-state index in [2.05, 4.69) is 42.5 Å². The first-order valence-corrected chi connectivity index (χ1v) is 11.5. The van der Waals surface area contributed by atoms with Crippen LogP contribution in [0.1, 0.15) is 0 Å². The van der Waals surface area contributed by atoms with Gasteiger partial charge in [0.1, 0.15) is 11.2 Å². The van der Waals surface area contributed by atoms with Gasteiger partial charge in [-0.3, -0.25) is 0 Å². The van der Waals surface area contributed by atoms with Crippen LogP contribution >= 0.6 is 0 Å². The molecule has 7 aromatic rings. The average Bonchev–Trinajstić information content (AvgIpc) is 3.29. The van der Waals surface area contributed by atoms with Gasteiger partial charge >= 0.3 is 0 Å². The molecule has 2 aromatic heterocycles. The second-order valence-corrected chi connectivity index (χ2v) is 8.55. The Morgan fingerprint density at radius 3 is 1.54 bits per heavy atom. The van der Waals surface area contributed by atoms with Crippen molar-refractivity contribution in [2.45, 2.75) is 0 Å². The standard InChI is InChI=1S/C31H19N3O/c1-3-9-20(10-4-1)29-32-30(21-11-5-2-6-12-21)34-31(33-29)24-15-16-25-26-17-22-13-7-8-14-23(22)18-28(26)35-27(25)19-24/h1-19H. The predicted molar refractivity (Wildman–Crippen MR) is 141 cm³/mol. The molecule has 4 nitrogen and oxygen atoms in total. The first-order valence-electron chi connectivity index (χ1n) is 11.5. The van der Waals surface area contributed by atoms with Crippen LogP contribution in [-0.4, -0.2) is 15.0 Å². The summed E-state index contributed by atoms with van der Waals surface area (Å²) in [5.41, 5.74) is 4.48. The van der Waals surface area contributed by atoms with Crippen molar-refractivity contribution < 1.29 is 4.42 Å². The molecule has 4 heteroatoms. The topological polar surface area (TPSA) is 51.8 Å². The predicted octanol–water partition coefficient (Wildman–Crippen LogP) is 7.93. The Morgan fingerprint density at radius 2 is 0.914 bits per heavy atom. The van der Waals surface area contributed by atoms with Crippen LogP contribution in [-0.2, 0) is 0 Å². The molecular weight excluding hydrogens is 430 g/mol. The molecule has 0 aliphatic rings. The minimum atomic E-state index is 0.616. The Bertz CT molecular complexity index is 1780. The molecule has 0 amide bonds. The Balaban J connectivity index is 1.42. The van der Waals surface area contributed by atoms with Crippen LogP contribution in [0.25, 0.3) is 66.9 Å². The third-order valence-electron chi connectivity index (χ3n) is 6.30. The van der Waals surface area contributed by atoms with E-state index >= 15 is 0 Å². The van der Waals surface area contributed by atoms with E-state index in [4.69, 9.17) is 19.4 Å². The molecule has 0 unspecified atom stereocenters. The van der Waals surface area contributed by atoms with E-state index in [0.29, 0.717) is 17.5 Å². The molecule has 35 heavy (non-hydrogen) atoms. The SMILES string of the molecule is c1ccc(-c2nc(-c3ccccc3)nc(-c3ccc4c(c3)oc3cc5ccccc5cc34)n2)cc1. The second-order valence-electron chi connectivity index (χ2n) is 8.55. The van der Waals surface area contributed by atoms with E-state index in [-0.39, 0.29) is 0 Å². The van der Waals surface area contributed by atoms with Crippen molar-refractivity contribution in [1.82, 2.24) is 15.0 Å². The molecule has 5 aromatic carbocycles. The fourth-order valence-corrected chi connectivity index (χ4v) is 4.54. The summed E-state index contributed by atoms with van der Waals surface area (Å²) in [5.74, 6) is 1.90. The summed E-state index contributed by atoms with van der Waals surface area (Å²) >= 11 is 0. The van der Waals surface area contributed by atoms with Crippen LogP contribution in [0.2, 0.25) is 0 Å². The maximum absolute atomic E-state index is 6.28. The molecular formula is C31H19N3O. The van der Waals surface area contributed by atoms with E-state index in [0.717, 1.165) is 44.0 Å². The largest absolute Gasteiger partial charge is 0.456 e. The normalized spacial score (nSPS) is 11.4. The zero-order valence-electron chi connectivity index (χ0n) is 18.7. The third kappa shape index (κ3) is 3.44. The van der Waals surface area contributed by atoms with Gasteiger partial charge in [-0.2, -0.15) is 0 Å². The van der Waals surface area contributed by atoms with Gasteiger partial charge in [0.2, 0.25) is 0 Å². The summed E-state index contributed by atoms with van der Waals surface area (Å²) < 4.78 is 6.28. The summed E-state index contributed by atoms with van der Waals surface area (Å²) in [6.07, 6.45) is 0. The zero-order chi connectivity index (χ0) is 23.2. The highest BCUT2D eigenvalue weighted by Gasteiger charge is 2.14. The molecule has 7 rings (SSSR count). The molecule has 164 valence electrons. The van der Waals surface area contributed by atoms with E-state index in [1.54, 1.807) is 0 Å².